The van der Waals surface area contributed by atoms with Gasteiger partial charge in [0.1, 0.15) is 5.82 Å². The molecule has 6 nitrogen and oxygen atoms in total. The van der Waals surface area contributed by atoms with E-state index in [1.807, 2.05) is 0 Å². The summed E-state index contributed by atoms with van der Waals surface area (Å²) in [6.45, 7) is 2.79. The van der Waals surface area contributed by atoms with Crippen molar-refractivity contribution in [2.45, 2.75) is 19.4 Å². The summed E-state index contributed by atoms with van der Waals surface area (Å²) in [4.78, 5) is 21.5. The van der Waals surface area contributed by atoms with Crippen molar-refractivity contribution in [3.05, 3.63) is 39.4 Å². The van der Waals surface area contributed by atoms with Crippen molar-refractivity contribution in [2.24, 2.45) is 5.92 Å². The van der Waals surface area contributed by atoms with E-state index in [-0.39, 0.29) is 12.0 Å². The minimum atomic E-state index is -1.34. The Morgan fingerprint density at radius 1 is 1.52 bits per heavy atom. The number of hydrogen-bond donors (Lipinski definition) is 1. The van der Waals surface area contributed by atoms with Crippen LogP contribution in [0.2, 0.25) is 0 Å². The molecule has 0 radical (unpaired) electrons. The van der Waals surface area contributed by atoms with E-state index in [4.69, 9.17) is 4.74 Å². The molecule has 114 valence electrons. The predicted molar refractivity (Wildman–Crippen MR) is 68.9 cm³/mol. The molecule has 1 aromatic carbocycles. The van der Waals surface area contributed by atoms with Gasteiger partial charge in [0, 0.05) is 18.6 Å². The van der Waals surface area contributed by atoms with Crippen molar-refractivity contribution in [2.75, 3.05) is 13.2 Å². The lowest BCUT2D eigenvalue weighted by molar-refractivity contribution is -0.387. The molecule has 1 aliphatic heterocycles. The summed E-state index contributed by atoms with van der Waals surface area (Å²) in [6.07, 6.45) is 0.757. The summed E-state index contributed by atoms with van der Waals surface area (Å²) >= 11 is 0. The summed E-state index contributed by atoms with van der Waals surface area (Å²) in [5.74, 6) is -3.17. The molecule has 1 fully saturated rings. The number of rotatable bonds is 4. The van der Waals surface area contributed by atoms with Gasteiger partial charge in [-0.3, -0.25) is 14.9 Å². The minimum absolute atomic E-state index is 0.0838. The number of nitro groups is 1. The number of carbonyl (C=O) groups excluding carboxylic acids is 1. The molecule has 1 aromatic rings. The molecule has 2 atom stereocenters. The number of nitrogens with zero attached hydrogens (tertiary/aromatic N) is 1. The summed E-state index contributed by atoms with van der Waals surface area (Å²) in [5, 5.41) is 13.2. The molecule has 0 aliphatic carbocycles. The summed E-state index contributed by atoms with van der Waals surface area (Å²) in [7, 11) is 0. The average molecular weight is 300 g/mol. The van der Waals surface area contributed by atoms with Crippen molar-refractivity contribution < 1.29 is 23.2 Å². The van der Waals surface area contributed by atoms with Gasteiger partial charge in [-0.25, -0.2) is 4.39 Å². The quantitative estimate of drug-likeness (QED) is 0.681. The first-order valence-corrected chi connectivity index (χ1v) is 6.42. The molecule has 0 spiro atoms. The van der Waals surface area contributed by atoms with Gasteiger partial charge < -0.3 is 10.1 Å². The fourth-order valence-corrected chi connectivity index (χ4v) is 2.22. The Labute approximate surface area is 119 Å². The van der Waals surface area contributed by atoms with Crippen LogP contribution >= 0.6 is 0 Å². The zero-order valence-electron chi connectivity index (χ0n) is 11.3. The van der Waals surface area contributed by atoms with Gasteiger partial charge in [-0.05, 0) is 19.4 Å². The van der Waals surface area contributed by atoms with E-state index in [9.17, 15) is 23.7 Å². The highest BCUT2D eigenvalue weighted by Crippen LogP contribution is 2.23. The average Bonchev–Trinajstić information content (AvgIpc) is 2.94. The van der Waals surface area contributed by atoms with Crippen molar-refractivity contribution in [3.63, 3.8) is 0 Å². The summed E-state index contributed by atoms with van der Waals surface area (Å²) in [6, 6.07) is 0.789. The first-order valence-electron chi connectivity index (χ1n) is 6.42. The zero-order chi connectivity index (χ0) is 15.6. The molecular formula is C13H14F2N2O4. The summed E-state index contributed by atoms with van der Waals surface area (Å²) in [5.41, 5.74) is -1.73. The highest BCUT2D eigenvalue weighted by molar-refractivity contribution is 5.95. The van der Waals surface area contributed by atoms with Gasteiger partial charge in [0.05, 0.1) is 23.2 Å². The maximum atomic E-state index is 13.9. The Morgan fingerprint density at radius 3 is 2.81 bits per heavy atom. The number of benzene rings is 1. The largest absolute Gasteiger partial charge is 0.381 e. The van der Waals surface area contributed by atoms with Gasteiger partial charge >= 0.3 is 5.69 Å². The van der Waals surface area contributed by atoms with Gasteiger partial charge in [-0.2, -0.15) is 4.39 Å². The summed E-state index contributed by atoms with van der Waals surface area (Å²) < 4.78 is 32.4. The highest BCUT2D eigenvalue weighted by atomic mass is 19.1. The molecule has 2 rings (SSSR count). The zero-order valence-corrected chi connectivity index (χ0v) is 11.3. The van der Waals surface area contributed by atoms with Crippen LogP contribution in [0.15, 0.2) is 12.1 Å². The van der Waals surface area contributed by atoms with Crippen LogP contribution in [0.25, 0.3) is 0 Å². The second kappa shape index (κ2) is 6.13. The molecular weight excluding hydrogens is 286 g/mol. The predicted octanol–water partition coefficient (Wildman–Crippen LogP) is 2.03. The molecule has 1 amide bonds. The molecule has 1 N–H and O–H groups in total. The Bertz CT molecular complexity index is 574. The van der Waals surface area contributed by atoms with E-state index in [2.05, 4.69) is 5.32 Å². The number of halogens is 2. The van der Waals surface area contributed by atoms with Gasteiger partial charge in [0.25, 0.3) is 5.91 Å². The number of nitro benzene ring substituents is 1. The number of ether oxygens (including phenoxy) is 1. The third-order valence-electron chi connectivity index (χ3n) is 3.49. The fraction of sp³-hybridized carbons (Fsp3) is 0.462. The van der Waals surface area contributed by atoms with Crippen LogP contribution in [0.3, 0.4) is 0 Å². The fourth-order valence-electron chi connectivity index (χ4n) is 2.22. The number of nitrogens with one attached hydrogen (secondary N) is 1. The third-order valence-corrected chi connectivity index (χ3v) is 3.49. The van der Waals surface area contributed by atoms with Crippen LogP contribution in [0.5, 0.6) is 0 Å². The third kappa shape index (κ3) is 3.33. The lowest BCUT2D eigenvalue weighted by Crippen LogP contribution is -2.38. The van der Waals surface area contributed by atoms with Crippen molar-refractivity contribution in [1.29, 1.82) is 0 Å². The monoisotopic (exact) mass is 300 g/mol. The molecule has 1 saturated heterocycles. The molecule has 1 heterocycles. The number of carbonyl (C=O) groups is 1. The SMILES string of the molecule is CC(NC(=O)c1cc(F)cc([N+](=O)[O-])c1F)C1CCOC1. The first-order chi connectivity index (χ1) is 9.90. The van der Waals surface area contributed by atoms with Crippen LogP contribution in [-0.2, 0) is 4.74 Å². The van der Waals surface area contributed by atoms with Crippen LogP contribution in [0.4, 0.5) is 14.5 Å². The molecule has 0 saturated carbocycles. The van der Waals surface area contributed by atoms with E-state index in [0.717, 1.165) is 6.42 Å². The van der Waals surface area contributed by atoms with Crippen LogP contribution in [-0.4, -0.2) is 30.1 Å². The minimum Gasteiger partial charge on any atom is -0.381 e. The normalized spacial score (nSPS) is 19.3. The first kappa shape index (κ1) is 15.3. The van der Waals surface area contributed by atoms with Crippen LogP contribution in [0.1, 0.15) is 23.7 Å². The maximum absolute atomic E-state index is 13.9. The van der Waals surface area contributed by atoms with Gasteiger partial charge in [-0.15, -0.1) is 0 Å². The maximum Gasteiger partial charge on any atom is 0.308 e. The molecule has 1 aliphatic rings. The lowest BCUT2D eigenvalue weighted by Gasteiger charge is -2.19. The van der Waals surface area contributed by atoms with Gasteiger partial charge in [-0.1, -0.05) is 0 Å². The molecule has 2 unspecified atom stereocenters. The van der Waals surface area contributed by atoms with Crippen molar-refractivity contribution >= 4 is 11.6 Å². The molecule has 0 aromatic heterocycles. The van der Waals surface area contributed by atoms with E-state index in [0.29, 0.717) is 25.3 Å². The van der Waals surface area contributed by atoms with Crippen LogP contribution < -0.4 is 5.32 Å². The van der Waals surface area contributed by atoms with E-state index >= 15 is 0 Å². The topological polar surface area (TPSA) is 81.5 Å². The highest BCUT2D eigenvalue weighted by Gasteiger charge is 2.28. The van der Waals surface area contributed by atoms with E-state index < -0.39 is 33.7 Å². The Balaban J connectivity index is 2.20. The van der Waals surface area contributed by atoms with Crippen LogP contribution in [0, 0.1) is 27.7 Å². The number of amides is 1. The molecule has 8 heteroatoms. The van der Waals surface area contributed by atoms with E-state index in [1.54, 1.807) is 6.92 Å². The second-order valence-electron chi connectivity index (χ2n) is 4.93. The van der Waals surface area contributed by atoms with Crippen molar-refractivity contribution in [1.82, 2.24) is 5.32 Å². The Hall–Kier alpha value is -2.09. The smallest absolute Gasteiger partial charge is 0.308 e. The van der Waals surface area contributed by atoms with E-state index in [1.165, 1.54) is 0 Å². The van der Waals surface area contributed by atoms with Gasteiger partial charge in [0.15, 0.2) is 0 Å². The molecule has 21 heavy (non-hydrogen) atoms. The Morgan fingerprint density at radius 2 is 2.24 bits per heavy atom. The van der Waals surface area contributed by atoms with Crippen molar-refractivity contribution in [3.8, 4) is 0 Å². The molecule has 0 bridgehead atoms. The number of hydrogen-bond acceptors (Lipinski definition) is 4. The Kier molecular flexibility index (Phi) is 4.46. The lowest BCUT2D eigenvalue weighted by atomic mass is 10.0. The second-order valence-corrected chi connectivity index (χ2v) is 4.93. The van der Waals surface area contributed by atoms with Gasteiger partial charge in [0.2, 0.25) is 5.82 Å². The standard InChI is InChI=1S/C13H14F2N2O4/c1-7(8-2-3-21-6-8)16-13(18)10-4-9(14)5-11(12(10)15)17(19)20/h4-5,7-8H,2-3,6H2,1H3,(H,16,18).